The minimum Gasteiger partial charge on any atom is -0.207 e. The van der Waals surface area contributed by atoms with E-state index >= 15 is 0 Å². The molecular weight excluding hydrogens is 218 g/mol. The van der Waals surface area contributed by atoms with E-state index in [-0.39, 0.29) is 12.8 Å². The van der Waals surface area contributed by atoms with Crippen molar-refractivity contribution in [2.45, 2.75) is 57.3 Å². The molecule has 17 heavy (non-hydrogen) atoms. The molecule has 1 saturated carbocycles. The predicted octanol–water partition coefficient (Wildman–Crippen LogP) is 5.10. The predicted molar refractivity (Wildman–Crippen MR) is 66.7 cm³/mol. The largest absolute Gasteiger partial charge is 0.248 e. The van der Waals surface area contributed by atoms with Crippen LogP contribution in [0.15, 0.2) is 24.3 Å². The third-order valence-corrected chi connectivity index (χ3v) is 3.79. The molecule has 0 aliphatic heterocycles. The minimum atomic E-state index is -2.42. The molecule has 0 aromatic heterocycles. The Morgan fingerprint density at radius 1 is 1.06 bits per heavy atom. The fourth-order valence-electron chi connectivity index (χ4n) is 2.53. The van der Waals surface area contributed by atoms with E-state index in [1.165, 1.54) is 11.1 Å². The molecule has 1 aromatic rings. The summed E-state index contributed by atoms with van der Waals surface area (Å²) in [6.07, 6.45) is 1.33. The highest BCUT2D eigenvalue weighted by Gasteiger charge is 2.35. The second-order valence-corrected chi connectivity index (χ2v) is 5.45. The van der Waals surface area contributed by atoms with Gasteiger partial charge in [-0.1, -0.05) is 38.1 Å². The van der Waals surface area contributed by atoms with Crippen molar-refractivity contribution in [3.05, 3.63) is 35.4 Å². The molecule has 0 spiro atoms. The summed E-state index contributed by atoms with van der Waals surface area (Å²) < 4.78 is 26.1. The Morgan fingerprint density at radius 2 is 1.59 bits per heavy atom. The number of halogens is 2. The Labute approximate surface area is 102 Å². The van der Waals surface area contributed by atoms with Crippen LogP contribution in [0.5, 0.6) is 0 Å². The van der Waals surface area contributed by atoms with Crippen molar-refractivity contribution in [3.8, 4) is 0 Å². The fraction of sp³-hybridized carbons (Fsp3) is 0.600. The molecule has 1 aliphatic carbocycles. The summed E-state index contributed by atoms with van der Waals surface area (Å²) in [6.45, 7) is 4.33. The van der Waals surface area contributed by atoms with Gasteiger partial charge in [0.15, 0.2) is 0 Å². The Balaban J connectivity index is 2.04. The molecule has 1 aliphatic rings. The molecule has 0 amide bonds. The zero-order chi connectivity index (χ0) is 12.5. The molecule has 0 radical (unpaired) electrons. The molecule has 0 bridgehead atoms. The van der Waals surface area contributed by atoms with Gasteiger partial charge in [0.1, 0.15) is 0 Å². The van der Waals surface area contributed by atoms with Gasteiger partial charge in [0.05, 0.1) is 0 Å². The van der Waals surface area contributed by atoms with Crippen LogP contribution >= 0.6 is 0 Å². The molecular formula is C15H20F2. The Hall–Kier alpha value is -0.920. The van der Waals surface area contributed by atoms with Gasteiger partial charge >= 0.3 is 0 Å². The van der Waals surface area contributed by atoms with E-state index in [4.69, 9.17) is 0 Å². The number of alkyl halides is 2. The first-order valence-electron chi connectivity index (χ1n) is 6.45. The lowest BCUT2D eigenvalue weighted by Gasteiger charge is -2.28. The normalized spacial score (nSPS) is 20.8. The van der Waals surface area contributed by atoms with Crippen LogP contribution in [0, 0.1) is 0 Å². The molecule has 94 valence electrons. The maximum atomic E-state index is 13.1. The van der Waals surface area contributed by atoms with Gasteiger partial charge in [0.25, 0.3) is 0 Å². The van der Waals surface area contributed by atoms with Crippen molar-refractivity contribution in [1.29, 1.82) is 0 Å². The van der Waals surface area contributed by atoms with Gasteiger partial charge in [0.2, 0.25) is 5.92 Å². The average Bonchev–Trinajstić information content (AvgIpc) is 2.29. The molecule has 0 saturated heterocycles. The van der Waals surface area contributed by atoms with E-state index < -0.39 is 5.92 Å². The first-order valence-corrected chi connectivity index (χ1v) is 6.45. The molecule has 1 aromatic carbocycles. The van der Waals surface area contributed by atoms with Crippen molar-refractivity contribution >= 4 is 0 Å². The van der Waals surface area contributed by atoms with Gasteiger partial charge in [-0.15, -0.1) is 0 Å². The van der Waals surface area contributed by atoms with Gasteiger partial charge in [-0.25, -0.2) is 8.78 Å². The third kappa shape index (κ3) is 3.05. The quantitative estimate of drug-likeness (QED) is 0.672. The fourth-order valence-corrected chi connectivity index (χ4v) is 2.53. The molecule has 0 atom stereocenters. The highest BCUT2D eigenvalue weighted by atomic mass is 19.3. The second-order valence-electron chi connectivity index (χ2n) is 5.45. The van der Waals surface area contributed by atoms with E-state index in [2.05, 4.69) is 38.1 Å². The highest BCUT2D eigenvalue weighted by Crippen LogP contribution is 2.40. The van der Waals surface area contributed by atoms with Crippen molar-refractivity contribution < 1.29 is 8.78 Å². The van der Waals surface area contributed by atoms with E-state index in [9.17, 15) is 8.78 Å². The lowest BCUT2D eigenvalue weighted by molar-refractivity contribution is -0.0382. The van der Waals surface area contributed by atoms with Gasteiger partial charge in [-0.3, -0.25) is 0 Å². The van der Waals surface area contributed by atoms with Crippen molar-refractivity contribution in [2.75, 3.05) is 0 Å². The maximum Gasteiger partial charge on any atom is 0.248 e. The van der Waals surface area contributed by atoms with Gasteiger partial charge in [0, 0.05) is 12.8 Å². The summed E-state index contributed by atoms with van der Waals surface area (Å²) in [7, 11) is 0. The lowest BCUT2D eigenvalue weighted by Crippen LogP contribution is -2.23. The molecule has 2 rings (SSSR count). The van der Waals surface area contributed by atoms with Crippen LogP contribution in [0.3, 0.4) is 0 Å². The van der Waals surface area contributed by atoms with Crippen LogP contribution in [-0.4, -0.2) is 5.92 Å². The molecule has 0 nitrogen and oxygen atoms in total. The van der Waals surface area contributed by atoms with Crippen LogP contribution in [-0.2, 0) is 0 Å². The van der Waals surface area contributed by atoms with Crippen LogP contribution in [0.2, 0.25) is 0 Å². The van der Waals surface area contributed by atoms with Crippen molar-refractivity contribution in [1.82, 2.24) is 0 Å². The highest BCUT2D eigenvalue weighted by molar-refractivity contribution is 5.27. The maximum absolute atomic E-state index is 13.1. The summed E-state index contributed by atoms with van der Waals surface area (Å²) in [5.41, 5.74) is 2.54. The van der Waals surface area contributed by atoms with E-state index in [0.717, 1.165) is 0 Å². The average molecular weight is 238 g/mol. The van der Waals surface area contributed by atoms with Crippen molar-refractivity contribution in [2.24, 2.45) is 0 Å². The van der Waals surface area contributed by atoms with E-state index in [1.807, 2.05) is 0 Å². The van der Waals surface area contributed by atoms with E-state index in [1.54, 1.807) is 0 Å². The van der Waals surface area contributed by atoms with Crippen molar-refractivity contribution in [3.63, 3.8) is 0 Å². The minimum absolute atomic E-state index is 0.0452. The summed E-state index contributed by atoms with van der Waals surface area (Å²) in [5, 5.41) is 0. The smallest absolute Gasteiger partial charge is 0.207 e. The number of hydrogen-bond donors (Lipinski definition) is 0. The number of benzene rings is 1. The van der Waals surface area contributed by atoms with Gasteiger partial charge in [-0.2, -0.15) is 0 Å². The Bertz CT molecular complexity index is 355. The zero-order valence-electron chi connectivity index (χ0n) is 10.5. The Kier molecular flexibility index (Phi) is 3.50. The third-order valence-electron chi connectivity index (χ3n) is 3.79. The molecule has 2 heteroatoms. The first-order chi connectivity index (χ1) is 7.98. The summed E-state index contributed by atoms with van der Waals surface area (Å²) in [4.78, 5) is 0. The first kappa shape index (κ1) is 12.5. The van der Waals surface area contributed by atoms with Gasteiger partial charge < -0.3 is 0 Å². The standard InChI is InChI=1S/C15H20F2/c1-11(2)12-3-5-13(6-4-12)14-7-9-15(16,17)10-8-14/h3-6,11,14H,7-10H2,1-2H3. The summed E-state index contributed by atoms with van der Waals surface area (Å²) in [6, 6.07) is 8.49. The number of rotatable bonds is 2. The van der Waals surface area contributed by atoms with Gasteiger partial charge in [-0.05, 0) is 35.8 Å². The topological polar surface area (TPSA) is 0 Å². The van der Waals surface area contributed by atoms with Crippen LogP contribution in [0.25, 0.3) is 0 Å². The van der Waals surface area contributed by atoms with Crippen LogP contribution in [0.4, 0.5) is 8.78 Å². The summed E-state index contributed by atoms with van der Waals surface area (Å²) >= 11 is 0. The Morgan fingerprint density at radius 3 is 2.06 bits per heavy atom. The second kappa shape index (κ2) is 4.75. The molecule has 1 fully saturated rings. The van der Waals surface area contributed by atoms with E-state index in [0.29, 0.717) is 24.7 Å². The molecule has 0 unspecified atom stereocenters. The molecule has 0 N–H and O–H groups in total. The van der Waals surface area contributed by atoms with Crippen LogP contribution in [0.1, 0.15) is 62.5 Å². The molecule has 0 heterocycles. The lowest BCUT2D eigenvalue weighted by atomic mass is 9.82. The summed E-state index contributed by atoms with van der Waals surface area (Å²) in [5.74, 6) is -1.57. The SMILES string of the molecule is CC(C)c1ccc(C2CCC(F)(F)CC2)cc1. The zero-order valence-corrected chi connectivity index (χ0v) is 10.5. The monoisotopic (exact) mass is 238 g/mol. The number of hydrogen-bond acceptors (Lipinski definition) is 0. The van der Waals surface area contributed by atoms with Crippen LogP contribution < -0.4 is 0 Å².